The monoisotopic (exact) mass is 362 g/mol. The van der Waals surface area contributed by atoms with Crippen molar-refractivity contribution in [1.82, 2.24) is 4.90 Å². The largest absolute Gasteiger partial charge is 0.477 e. The fraction of sp³-hybridized carbons (Fsp3) is 0.333. The van der Waals surface area contributed by atoms with Gasteiger partial charge in [0.2, 0.25) is 5.88 Å². The first-order valence-electron chi connectivity index (χ1n) is 8.03. The third-order valence-corrected chi connectivity index (χ3v) is 4.50. The number of hydrogen-bond acceptors (Lipinski definition) is 6. The molecule has 132 valence electrons. The molecule has 2 N–H and O–H groups in total. The van der Waals surface area contributed by atoms with E-state index in [1.165, 1.54) is 6.92 Å². The molecule has 0 aliphatic carbocycles. The van der Waals surface area contributed by atoms with Crippen LogP contribution < -0.4 is 5.73 Å². The summed E-state index contributed by atoms with van der Waals surface area (Å²) in [5.74, 6) is -0.701. The molecule has 3 rings (SSSR count). The highest BCUT2D eigenvalue weighted by atomic mass is 35.5. The van der Waals surface area contributed by atoms with Crippen LogP contribution in [0.4, 0.5) is 0 Å². The summed E-state index contributed by atoms with van der Waals surface area (Å²) in [5, 5.41) is 0.560. The maximum Gasteiger partial charge on any atom is 0.338 e. The number of ketones is 1. The van der Waals surface area contributed by atoms with Crippen molar-refractivity contribution >= 4 is 23.4 Å². The van der Waals surface area contributed by atoms with Gasteiger partial charge in [-0.05, 0) is 31.5 Å². The summed E-state index contributed by atoms with van der Waals surface area (Å²) in [6.45, 7) is 4.27. The molecule has 1 aromatic carbocycles. The molecule has 0 bridgehead atoms. The summed E-state index contributed by atoms with van der Waals surface area (Å²) >= 11 is 5.98. The zero-order valence-corrected chi connectivity index (χ0v) is 14.8. The molecule has 1 unspecified atom stereocenters. The Hall–Kier alpha value is -2.47. The molecule has 7 heteroatoms. The average molecular weight is 363 g/mol. The van der Waals surface area contributed by atoms with Gasteiger partial charge in [0.05, 0.1) is 30.2 Å². The number of hydrogen-bond donors (Lipinski definition) is 1. The maximum absolute atomic E-state index is 12.6. The third-order valence-electron chi connectivity index (χ3n) is 4.25. The van der Waals surface area contributed by atoms with Gasteiger partial charge in [-0.2, -0.15) is 0 Å². The van der Waals surface area contributed by atoms with Crippen LogP contribution >= 0.6 is 11.6 Å². The van der Waals surface area contributed by atoms with Gasteiger partial charge in [0, 0.05) is 5.02 Å². The number of nitrogens with two attached hydrogens (primary N) is 1. The molecule has 1 saturated heterocycles. The maximum atomic E-state index is 12.6. The van der Waals surface area contributed by atoms with E-state index in [4.69, 9.17) is 26.8 Å². The van der Waals surface area contributed by atoms with Gasteiger partial charge in [0.25, 0.3) is 0 Å². The molecular weight excluding hydrogens is 344 g/mol. The number of carbonyl (C=O) groups excluding carboxylic acids is 2. The Morgan fingerprint density at radius 2 is 2.00 bits per heavy atom. The van der Waals surface area contributed by atoms with E-state index in [1.807, 2.05) is 0 Å². The number of halogens is 1. The lowest BCUT2D eigenvalue weighted by atomic mass is 9.80. The van der Waals surface area contributed by atoms with Crippen molar-refractivity contribution in [2.24, 2.45) is 5.73 Å². The molecule has 6 nitrogen and oxygen atoms in total. The van der Waals surface area contributed by atoms with Gasteiger partial charge in [0.15, 0.2) is 5.78 Å². The molecular formula is C18H19ClN2O4. The highest BCUT2D eigenvalue weighted by molar-refractivity contribution is 6.30. The normalized spacial score (nSPS) is 19.6. The van der Waals surface area contributed by atoms with Crippen LogP contribution in [0.25, 0.3) is 0 Å². The zero-order chi connectivity index (χ0) is 18.1. The standard InChI is InChI=1S/C18H19ClN2O4/c1-3-24-18(23)15-14(11-4-6-12(19)7-5-11)13(10(2)22)17-21(16(15)20)8-9-25-17/h4-7,14H,3,8-9,20H2,1-2H3. The zero-order valence-electron chi connectivity index (χ0n) is 14.0. The Morgan fingerprint density at radius 3 is 2.60 bits per heavy atom. The van der Waals surface area contributed by atoms with Gasteiger partial charge in [-0.1, -0.05) is 23.7 Å². The van der Waals surface area contributed by atoms with Crippen molar-refractivity contribution < 1.29 is 19.1 Å². The third kappa shape index (κ3) is 2.98. The minimum absolute atomic E-state index is 0.184. The number of fused-ring (bicyclic) bond motifs is 1. The van der Waals surface area contributed by atoms with Crippen LogP contribution in [0, 0.1) is 0 Å². The number of ether oxygens (including phenoxy) is 2. The summed E-state index contributed by atoms with van der Waals surface area (Å²) < 4.78 is 10.9. The van der Waals surface area contributed by atoms with Gasteiger partial charge in [-0.25, -0.2) is 4.79 Å². The van der Waals surface area contributed by atoms with Crippen LogP contribution in [0.15, 0.2) is 47.1 Å². The van der Waals surface area contributed by atoms with Gasteiger partial charge < -0.3 is 15.2 Å². The molecule has 0 spiro atoms. The van der Waals surface area contributed by atoms with E-state index < -0.39 is 11.9 Å². The SMILES string of the molecule is CCOC(=O)C1=C(N)N2CCOC2=C(C(C)=O)C1c1ccc(Cl)cc1. The van der Waals surface area contributed by atoms with Crippen LogP contribution in [0.2, 0.25) is 5.02 Å². The van der Waals surface area contributed by atoms with Gasteiger partial charge in [-0.3, -0.25) is 9.69 Å². The van der Waals surface area contributed by atoms with E-state index in [2.05, 4.69) is 0 Å². The minimum atomic E-state index is -0.654. The summed E-state index contributed by atoms with van der Waals surface area (Å²) in [5.41, 5.74) is 7.65. The Balaban J connectivity index is 2.22. The Bertz CT molecular complexity index is 783. The Morgan fingerprint density at radius 1 is 1.32 bits per heavy atom. The molecule has 25 heavy (non-hydrogen) atoms. The van der Waals surface area contributed by atoms with Crippen LogP contribution in [0.5, 0.6) is 0 Å². The predicted octanol–water partition coefficient (Wildman–Crippen LogP) is 2.30. The molecule has 2 aliphatic rings. The lowest BCUT2D eigenvalue weighted by molar-refractivity contribution is -0.139. The first kappa shape index (κ1) is 17.4. The summed E-state index contributed by atoms with van der Waals surface area (Å²) in [6.07, 6.45) is 0. The van der Waals surface area contributed by atoms with E-state index in [1.54, 1.807) is 36.1 Å². The van der Waals surface area contributed by atoms with Crippen molar-refractivity contribution in [3.05, 3.63) is 57.7 Å². The van der Waals surface area contributed by atoms with Gasteiger partial charge in [0.1, 0.15) is 12.4 Å². The number of rotatable bonds is 4. The number of esters is 1. The molecule has 2 aliphatic heterocycles. The molecule has 2 heterocycles. The smallest absolute Gasteiger partial charge is 0.338 e. The summed E-state index contributed by atoms with van der Waals surface area (Å²) in [4.78, 5) is 26.7. The predicted molar refractivity (Wildman–Crippen MR) is 92.4 cm³/mol. The number of benzene rings is 1. The van der Waals surface area contributed by atoms with E-state index >= 15 is 0 Å². The second kappa shape index (κ2) is 6.80. The topological polar surface area (TPSA) is 81.9 Å². The number of carbonyl (C=O) groups is 2. The fourth-order valence-electron chi connectivity index (χ4n) is 3.20. The first-order valence-corrected chi connectivity index (χ1v) is 8.41. The van der Waals surface area contributed by atoms with Crippen molar-refractivity contribution in [2.75, 3.05) is 19.8 Å². The first-order chi connectivity index (χ1) is 12.0. The highest BCUT2D eigenvalue weighted by Crippen LogP contribution is 2.43. The number of nitrogens with zero attached hydrogens (tertiary/aromatic N) is 1. The Kier molecular flexibility index (Phi) is 4.72. The summed E-state index contributed by atoms with van der Waals surface area (Å²) in [6, 6.07) is 6.96. The van der Waals surface area contributed by atoms with Crippen LogP contribution in [0.3, 0.4) is 0 Å². The second-order valence-electron chi connectivity index (χ2n) is 5.78. The number of allylic oxidation sites excluding steroid dienone is 1. The van der Waals surface area contributed by atoms with Crippen LogP contribution in [-0.2, 0) is 19.1 Å². The van der Waals surface area contributed by atoms with Crippen LogP contribution in [-0.4, -0.2) is 36.4 Å². The Labute approximate surface area is 150 Å². The molecule has 1 fully saturated rings. The van der Waals surface area contributed by atoms with E-state index in [9.17, 15) is 9.59 Å². The quantitative estimate of drug-likeness (QED) is 0.828. The molecule has 0 saturated carbocycles. The number of Topliss-reactive ketones (excluding diaryl/α,β-unsaturated/α-hetero) is 1. The van der Waals surface area contributed by atoms with E-state index in [-0.39, 0.29) is 23.8 Å². The summed E-state index contributed by atoms with van der Waals surface area (Å²) in [7, 11) is 0. The van der Waals surface area contributed by atoms with Crippen molar-refractivity contribution in [3.63, 3.8) is 0 Å². The molecule has 0 amide bonds. The lowest BCUT2D eigenvalue weighted by Gasteiger charge is -2.33. The van der Waals surface area contributed by atoms with E-state index in [0.717, 1.165) is 5.56 Å². The minimum Gasteiger partial charge on any atom is -0.477 e. The molecule has 0 radical (unpaired) electrons. The van der Waals surface area contributed by atoms with Crippen molar-refractivity contribution in [2.45, 2.75) is 19.8 Å². The van der Waals surface area contributed by atoms with Gasteiger partial charge >= 0.3 is 5.97 Å². The second-order valence-corrected chi connectivity index (χ2v) is 6.22. The molecule has 0 aromatic heterocycles. The lowest BCUT2D eigenvalue weighted by Crippen LogP contribution is -2.37. The van der Waals surface area contributed by atoms with Crippen molar-refractivity contribution in [3.8, 4) is 0 Å². The average Bonchev–Trinajstić information content (AvgIpc) is 3.05. The molecule has 1 aromatic rings. The van der Waals surface area contributed by atoms with E-state index in [0.29, 0.717) is 29.6 Å². The van der Waals surface area contributed by atoms with Crippen molar-refractivity contribution in [1.29, 1.82) is 0 Å². The fourth-order valence-corrected chi connectivity index (χ4v) is 3.33. The van der Waals surface area contributed by atoms with Crippen LogP contribution in [0.1, 0.15) is 25.3 Å². The highest BCUT2D eigenvalue weighted by Gasteiger charge is 2.43. The molecule has 1 atom stereocenters. The van der Waals surface area contributed by atoms with Gasteiger partial charge in [-0.15, -0.1) is 0 Å².